The van der Waals surface area contributed by atoms with Gasteiger partial charge in [-0.15, -0.1) is 0 Å². The Bertz CT molecular complexity index is 765. The highest BCUT2D eigenvalue weighted by molar-refractivity contribution is 7.27. The lowest BCUT2D eigenvalue weighted by atomic mass is 10.2. The predicted octanol–water partition coefficient (Wildman–Crippen LogP) is 4.79. The standard InChI is InChI=1S/C12H11O2P.C7H6O2.C4H10O2/c1-3-7-11(8-4-1)13-15-14-12-9-5-2-6-10-12;8-7(9)6-4-2-1-3-5-6;1-3(5)4(2)6/h1-10,15H;1-5H,(H,8,9);3-6H,1-2H3. The van der Waals surface area contributed by atoms with Gasteiger partial charge in [-0.3, -0.25) is 0 Å². The average molecular weight is 430 g/mol. The van der Waals surface area contributed by atoms with Gasteiger partial charge in [0.25, 0.3) is 9.03 Å². The van der Waals surface area contributed by atoms with Crippen molar-refractivity contribution in [1.29, 1.82) is 0 Å². The third kappa shape index (κ3) is 11.8. The molecule has 2 atom stereocenters. The number of hydrogen-bond donors (Lipinski definition) is 3. The van der Waals surface area contributed by atoms with E-state index in [4.69, 9.17) is 24.4 Å². The van der Waals surface area contributed by atoms with E-state index >= 15 is 0 Å². The zero-order chi connectivity index (χ0) is 22.2. The van der Waals surface area contributed by atoms with Crippen LogP contribution in [0.4, 0.5) is 0 Å². The summed E-state index contributed by atoms with van der Waals surface area (Å²) in [6.45, 7) is 3.09. The fourth-order valence-electron chi connectivity index (χ4n) is 1.67. The Balaban J connectivity index is 0.000000256. The van der Waals surface area contributed by atoms with Gasteiger partial charge < -0.3 is 24.4 Å². The summed E-state index contributed by atoms with van der Waals surface area (Å²) in [5, 5.41) is 25.1. The lowest BCUT2D eigenvalue weighted by molar-refractivity contribution is 0.0438. The molecule has 0 radical (unpaired) electrons. The first kappa shape index (κ1) is 25.1. The van der Waals surface area contributed by atoms with Crippen LogP contribution in [0.3, 0.4) is 0 Å². The quantitative estimate of drug-likeness (QED) is 0.487. The third-order valence-electron chi connectivity index (χ3n) is 3.52. The summed E-state index contributed by atoms with van der Waals surface area (Å²) in [6.07, 6.45) is -1.19. The van der Waals surface area contributed by atoms with E-state index in [2.05, 4.69) is 0 Å². The Hall–Kier alpha value is -2.92. The number of para-hydroxylation sites is 2. The van der Waals surface area contributed by atoms with Crippen molar-refractivity contribution >= 4 is 15.0 Å². The van der Waals surface area contributed by atoms with Crippen molar-refractivity contribution in [3.05, 3.63) is 96.6 Å². The van der Waals surface area contributed by atoms with Crippen molar-refractivity contribution < 1.29 is 29.2 Å². The van der Waals surface area contributed by atoms with Gasteiger partial charge in [-0.25, -0.2) is 4.79 Å². The fraction of sp³-hybridized carbons (Fsp3) is 0.174. The van der Waals surface area contributed by atoms with E-state index in [1.807, 2.05) is 60.7 Å². The minimum absolute atomic E-state index is 0.0129. The molecule has 6 nitrogen and oxygen atoms in total. The largest absolute Gasteiger partial charge is 0.478 e. The molecule has 30 heavy (non-hydrogen) atoms. The molecule has 0 aliphatic heterocycles. The van der Waals surface area contributed by atoms with Crippen LogP contribution in [-0.4, -0.2) is 33.5 Å². The van der Waals surface area contributed by atoms with E-state index in [0.717, 1.165) is 11.5 Å². The zero-order valence-electron chi connectivity index (χ0n) is 16.9. The smallest absolute Gasteiger partial charge is 0.335 e. The normalized spacial score (nSPS) is 11.5. The molecule has 0 saturated carbocycles. The van der Waals surface area contributed by atoms with Crippen LogP contribution in [-0.2, 0) is 0 Å². The molecule has 0 saturated heterocycles. The molecule has 0 aromatic heterocycles. The van der Waals surface area contributed by atoms with Gasteiger partial charge in [0.2, 0.25) is 0 Å². The van der Waals surface area contributed by atoms with Crippen LogP contribution in [0.2, 0.25) is 0 Å². The first-order valence-corrected chi connectivity index (χ1v) is 10.0. The Morgan fingerprint density at radius 3 is 1.30 bits per heavy atom. The van der Waals surface area contributed by atoms with Crippen molar-refractivity contribution in [3.63, 3.8) is 0 Å². The van der Waals surface area contributed by atoms with Gasteiger partial charge in [-0.05, 0) is 50.2 Å². The first-order valence-electron chi connectivity index (χ1n) is 9.23. The third-order valence-corrected chi connectivity index (χ3v) is 4.16. The topological polar surface area (TPSA) is 96.2 Å². The van der Waals surface area contributed by atoms with Crippen molar-refractivity contribution in [2.45, 2.75) is 26.1 Å². The number of aliphatic hydroxyl groups is 2. The molecule has 2 unspecified atom stereocenters. The monoisotopic (exact) mass is 430 g/mol. The Kier molecular flexibility index (Phi) is 12.6. The average Bonchev–Trinajstić information content (AvgIpc) is 2.77. The summed E-state index contributed by atoms with van der Waals surface area (Å²) in [6, 6.07) is 27.5. The molecule has 0 bridgehead atoms. The Morgan fingerprint density at radius 2 is 1.03 bits per heavy atom. The summed E-state index contributed by atoms with van der Waals surface area (Å²) in [5.74, 6) is 0.772. The van der Waals surface area contributed by atoms with Crippen molar-refractivity contribution in [1.82, 2.24) is 0 Å². The van der Waals surface area contributed by atoms with Gasteiger partial charge in [0.1, 0.15) is 11.5 Å². The highest BCUT2D eigenvalue weighted by atomic mass is 31.1. The summed E-state index contributed by atoms with van der Waals surface area (Å²) in [5.41, 5.74) is 0.331. The second-order valence-electron chi connectivity index (χ2n) is 6.07. The molecule has 3 aromatic carbocycles. The fourth-order valence-corrected chi connectivity index (χ4v) is 2.18. The number of carboxylic acids is 1. The van der Waals surface area contributed by atoms with E-state index in [1.165, 1.54) is 0 Å². The van der Waals surface area contributed by atoms with E-state index < -0.39 is 18.2 Å². The molecule has 7 heteroatoms. The van der Waals surface area contributed by atoms with E-state index in [1.54, 1.807) is 44.2 Å². The molecule has 3 N–H and O–H groups in total. The molecule has 0 spiro atoms. The molecular formula is C23H27O6P. The first-order chi connectivity index (χ1) is 14.4. The maximum atomic E-state index is 10.2. The maximum absolute atomic E-state index is 10.2. The molecule has 3 aromatic rings. The molecule has 3 rings (SSSR count). The van der Waals surface area contributed by atoms with Crippen molar-refractivity contribution in [3.8, 4) is 11.5 Å². The van der Waals surface area contributed by atoms with Gasteiger partial charge in [-0.1, -0.05) is 54.6 Å². The highest BCUT2D eigenvalue weighted by Gasteiger charge is 2.00. The maximum Gasteiger partial charge on any atom is 0.335 e. The number of aliphatic hydroxyl groups excluding tert-OH is 2. The van der Waals surface area contributed by atoms with Crippen molar-refractivity contribution in [2.75, 3.05) is 0 Å². The van der Waals surface area contributed by atoms with Crippen LogP contribution in [0.5, 0.6) is 11.5 Å². The van der Waals surface area contributed by atoms with Crippen molar-refractivity contribution in [2.24, 2.45) is 0 Å². The zero-order valence-corrected chi connectivity index (χ0v) is 17.9. The molecule has 160 valence electrons. The van der Waals surface area contributed by atoms with Crippen LogP contribution in [0.15, 0.2) is 91.0 Å². The highest BCUT2D eigenvalue weighted by Crippen LogP contribution is 2.23. The summed E-state index contributed by atoms with van der Waals surface area (Å²) >= 11 is 0. The molecular weight excluding hydrogens is 403 g/mol. The number of hydrogen-bond acceptors (Lipinski definition) is 5. The lowest BCUT2D eigenvalue weighted by Gasteiger charge is -2.06. The van der Waals surface area contributed by atoms with E-state index in [9.17, 15) is 4.79 Å². The summed E-state index contributed by atoms with van der Waals surface area (Å²) in [7, 11) is -0.0129. The van der Waals surface area contributed by atoms with Gasteiger partial charge in [0, 0.05) is 0 Å². The molecule has 0 fully saturated rings. The van der Waals surface area contributed by atoms with Gasteiger partial charge in [0.15, 0.2) is 0 Å². The second kappa shape index (κ2) is 15.0. The van der Waals surface area contributed by atoms with Crippen LogP contribution >= 0.6 is 9.03 Å². The number of rotatable bonds is 6. The number of benzene rings is 3. The van der Waals surface area contributed by atoms with Gasteiger partial charge in [0.05, 0.1) is 17.8 Å². The van der Waals surface area contributed by atoms with E-state index in [-0.39, 0.29) is 9.03 Å². The minimum atomic E-state index is -0.879. The second-order valence-corrected chi connectivity index (χ2v) is 6.64. The molecule has 0 aliphatic carbocycles. The Labute approximate surface area is 178 Å². The van der Waals surface area contributed by atoms with E-state index in [0.29, 0.717) is 5.56 Å². The Morgan fingerprint density at radius 1 is 0.700 bits per heavy atom. The van der Waals surface area contributed by atoms with Gasteiger partial charge >= 0.3 is 5.97 Å². The number of carboxylic acid groups (broad SMARTS) is 1. The summed E-state index contributed by atoms with van der Waals surface area (Å²) < 4.78 is 10.8. The van der Waals surface area contributed by atoms with Crippen LogP contribution in [0, 0.1) is 0 Å². The number of aromatic carboxylic acids is 1. The molecule has 0 amide bonds. The SMILES string of the molecule is CC(O)C(C)O.O=C(O)c1ccccc1.c1ccc(OPOc2ccccc2)cc1. The predicted molar refractivity (Wildman–Crippen MR) is 119 cm³/mol. The van der Waals surface area contributed by atoms with Gasteiger partial charge in [-0.2, -0.15) is 0 Å². The molecule has 0 aliphatic rings. The number of carbonyl (C=O) groups is 1. The van der Waals surface area contributed by atoms with Crippen LogP contribution < -0.4 is 9.05 Å². The molecule has 0 heterocycles. The van der Waals surface area contributed by atoms with Crippen LogP contribution in [0.1, 0.15) is 24.2 Å². The summed E-state index contributed by atoms with van der Waals surface area (Å²) in [4.78, 5) is 10.2. The minimum Gasteiger partial charge on any atom is -0.478 e. The van der Waals surface area contributed by atoms with Crippen LogP contribution in [0.25, 0.3) is 0 Å². The lowest BCUT2D eigenvalue weighted by Crippen LogP contribution is -2.17.